The first-order chi connectivity index (χ1) is 12.1. The van der Waals surface area contributed by atoms with Crippen molar-refractivity contribution in [2.24, 2.45) is 0 Å². The normalized spacial score (nSPS) is 16.7. The number of likely N-dealkylation sites (tertiary alicyclic amines) is 1. The zero-order valence-corrected chi connectivity index (χ0v) is 16.2. The predicted octanol–water partition coefficient (Wildman–Crippen LogP) is 3.54. The second kappa shape index (κ2) is 8.15. The monoisotopic (exact) mass is 340 g/mol. The van der Waals surface area contributed by atoms with Gasteiger partial charge in [-0.05, 0) is 65.0 Å². The molecule has 0 aliphatic carbocycles. The summed E-state index contributed by atoms with van der Waals surface area (Å²) in [7, 11) is 4.40. The maximum Gasteiger partial charge on any atom is 0.0726 e. The first kappa shape index (κ1) is 18.2. The van der Waals surface area contributed by atoms with Gasteiger partial charge < -0.3 is 15.1 Å². The van der Waals surface area contributed by atoms with Crippen molar-refractivity contribution in [3.8, 4) is 0 Å². The number of hydrogen-bond acceptors (Lipinski definition) is 4. The number of anilines is 1. The minimum Gasteiger partial charge on any atom is -0.383 e. The van der Waals surface area contributed by atoms with Gasteiger partial charge in [0.1, 0.15) is 0 Å². The Bertz CT molecular complexity index is 702. The van der Waals surface area contributed by atoms with Gasteiger partial charge >= 0.3 is 0 Å². The molecule has 0 spiro atoms. The van der Waals surface area contributed by atoms with E-state index in [-0.39, 0.29) is 0 Å². The Kier molecular flexibility index (Phi) is 5.92. The molecule has 4 heteroatoms. The molecule has 1 N–H and O–H groups in total. The zero-order chi connectivity index (χ0) is 17.8. The zero-order valence-electron chi connectivity index (χ0n) is 16.2. The van der Waals surface area contributed by atoms with E-state index in [1.807, 2.05) is 0 Å². The van der Waals surface area contributed by atoms with E-state index in [2.05, 4.69) is 67.3 Å². The largest absolute Gasteiger partial charge is 0.383 e. The molecule has 1 aliphatic heterocycles. The van der Waals surface area contributed by atoms with Crippen LogP contribution in [0.5, 0.6) is 0 Å². The smallest absolute Gasteiger partial charge is 0.0726 e. The fraction of sp³-hybridized carbons (Fsp3) is 0.571. The molecule has 0 bridgehead atoms. The first-order valence-electron chi connectivity index (χ1n) is 9.61. The van der Waals surface area contributed by atoms with E-state index in [1.54, 1.807) is 0 Å². The maximum absolute atomic E-state index is 4.77. The second-order valence-corrected chi connectivity index (χ2v) is 7.38. The molecule has 0 saturated carbocycles. The van der Waals surface area contributed by atoms with Crippen LogP contribution in [-0.2, 0) is 6.42 Å². The lowest BCUT2D eigenvalue weighted by atomic mass is 10.0. The standard InChI is InChI=1S/C21H32N4/c1-5-18-16(2)23-20-9-7-6-8-19(20)21(18)22-12-15-25-13-10-17(11-14-25)24(3)4/h6-9,17H,5,10-15H2,1-4H3,(H,22,23). The van der Waals surface area contributed by atoms with Crippen molar-refractivity contribution in [3.63, 3.8) is 0 Å². The Hall–Kier alpha value is -1.65. The number of piperidine rings is 1. The predicted molar refractivity (Wildman–Crippen MR) is 107 cm³/mol. The number of rotatable bonds is 6. The fourth-order valence-corrected chi connectivity index (χ4v) is 4.01. The Morgan fingerprint density at radius 1 is 1.20 bits per heavy atom. The molecule has 1 aromatic heterocycles. The lowest BCUT2D eigenvalue weighted by Gasteiger charge is -2.35. The highest BCUT2D eigenvalue weighted by Gasteiger charge is 2.20. The summed E-state index contributed by atoms with van der Waals surface area (Å²) < 4.78 is 0. The Morgan fingerprint density at radius 2 is 1.92 bits per heavy atom. The molecule has 0 amide bonds. The van der Waals surface area contributed by atoms with Crippen LogP contribution in [0.4, 0.5) is 5.69 Å². The van der Waals surface area contributed by atoms with Gasteiger partial charge in [0.2, 0.25) is 0 Å². The molecule has 2 heterocycles. The Balaban J connectivity index is 1.65. The summed E-state index contributed by atoms with van der Waals surface area (Å²) >= 11 is 0. The molecule has 1 fully saturated rings. The van der Waals surface area contributed by atoms with Gasteiger partial charge in [0.25, 0.3) is 0 Å². The number of benzene rings is 1. The highest BCUT2D eigenvalue weighted by Crippen LogP contribution is 2.28. The van der Waals surface area contributed by atoms with Crippen molar-refractivity contribution in [1.82, 2.24) is 14.8 Å². The van der Waals surface area contributed by atoms with E-state index in [1.165, 1.54) is 42.6 Å². The van der Waals surface area contributed by atoms with Crippen LogP contribution in [0.25, 0.3) is 10.9 Å². The van der Waals surface area contributed by atoms with Gasteiger partial charge in [-0.3, -0.25) is 4.98 Å². The van der Waals surface area contributed by atoms with Crippen LogP contribution in [-0.4, -0.2) is 61.1 Å². The summed E-state index contributed by atoms with van der Waals surface area (Å²) in [6.07, 6.45) is 3.58. The lowest BCUT2D eigenvalue weighted by molar-refractivity contribution is 0.148. The second-order valence-electron chi connectivity index (χ2n) is 7.38. The average molecular weight is 341 g/mol. The summed E-state index contributed by atoms with van der Waals surface area (Å²) in [4.78, 5) is 9.74. The third-order valence-corrected chi connectivity index (χ3v) is 5.57. The molecule has 0 radical (unpaired) electrons. The average Bonchev–Trinajstić information content (AvgIpc) is 2.62. The number of pyridine rings is 1. The third kappa shape index (κ3) is 4.13. The van der Waals surface area contributed by atoms with E-state index < -0.39 is 0 Å². The molecule has 3 rings (SSSR count). The van der Waals surface area contributed by atoms with Gasteiger partial charge in [-0.15, -0.1) is 0 Å². The van der Waals surface area contributed by atoms with Crippen LogP contribution < -0.4 is 5.32 Å². The number of nitrogens with zero attached hydrogens (tertiary/aromatic N) is 3. The summed E-state index contributed by atoms with van der Waals surface area (Å²) in [5.41, 5.74) is 4.88. The van der Waals surface area contributed by atoms with Gasteiger partial charge in [-0.1, -0.05) is 25.1 Å². The molecule has 136 valence electrons. The van der Waals surface area contributed by atoms with Gasteiger partial charge in [0.15, 0.2) is 0 Å². The Morgan fingerprint density at radius 3 is 2.60 bits per heavy atom. The van der Waals surface area contributed by atoms with Crippen LogP contribution in [0, 0.1) is 6.92 Å². The molecular weight excluding hydrogens is 308 g/mol. The van der Waals surface area contributed by atoms with Crippen molar-refractivity contribution in [1.29, 1.82) is 0 Å². The van der Waals surface area contributed by atoms with E-state index in [9.17, 15) is 0 Å². The summed E-state index contributed by atoms with van der Waals surface area (Å²) in [6, 6.07) is 9.22. The molecule has 2 aromatic rings. The third-order valence-electron chi connectivity index (χ3n) is 5.57. The van der Waals surface area contributed by atoms with Gasteiger partial charge in [0.05, 0.1) is 5.52 Å². The van der Waals surface area contributed by atoms with E-state index in [0.717, 1.165) is 36.8 Å². The van der Waals surface area contributed by atoms with Crippen LogP contribution in [0.2, 0.25) is 0 Å². The lowest BCUT2D eigenvalue weighted by Crippen LogP contribution is -2.43. The highest BCUT2D eigenvalue weighted by atomic mass is 15.2. The number of hydrogen-bond donors (Lipinski definition) is 1. The van der Waals surface area contributed by atoms with Crippen LogP contribution in [0.3, 0.4) is 0 Å². The summed E-state index contributed by atoms with van der Waals surface area (Å²) in [5, 5.41) is 4.98. The molecule has 1 aliphatic rings. The maximum atomic E-state index is 4.77. The van der Waals surface area contributed by atoms with E-state index in [0.29, 0.717) is 0 Å². The van der Waals surface area contributed by atoms with E-state index >= 15 is 0 Å². The van der Waals surface area contributed by atoms with E-state index in [4.69, 9.17) is 4.98 Å². The van der Waals surface area contributed by atoms with Gasteiger partial charge in [0, 0.05) is 35.9 Å². The highest BCUT2D eigenvalue weighted by molar-refractivity contribution is 5.93. The van der Waals surface area contributed by atoms with Crippen molar-refractivity contribution < 1.29 is 0 Å². The molecule has 1 saturated heterocycles. The SMILES string of the molecule is CCc1c(C)nc2ccccc2c1NCCN1CCC(N(C)C)CC1. The fourth-order valence-electron chi connectivity index (χ4n) is 4.01. The number of aryl methyl sites for hydroxylation is 1. The van der Waals surface area contributed by atoms with Gasteiger partial charge in [-0.2, -0.15) is 0 Å². The van der Waals surface area contributed by atoms with Crippen LogP contribution in [0.1, 0.15) is 31.0 Å². The molecular formula is C21H32N4. The van der Waals surface area contributed by atoms with Gasteiger partial charge in [-0.25, -0.2) is 0 Å². The van der Waals surface area contributed by atoms with Crippen LogP contribution >= 0.6 is 0 Å². The summed E-state index contributed by atoms with van der Waals surface area (Å²) in [6.45, 7) is 8.87. The number of aromatic nitrogens is 1. The molecule has 0 unspecified atom stereocenters. The molecule has 25 heavy (non-hydrogen) atoms. The van der Waals surface area contributed by atoms with Crippen LogP contribution in [0.15, 0.2) is 24.3 Å². The first-order valence-corrected chi connectivity index (χ1v) is 9.61. The minimum absolute atomic E-state index is 0.752. The van der Waals surface area contributed by atoms with Crippen molar-refractivity contribution in [2.75, 3.05) is 45.6 Å². The quantitative estimate of drug-likeness (QED) is 0.871. The number of nitrogens with one attached hydrogen (secondary N) is 1. The molecule has 1 aromatic carbocycles. The minimum atomic E-state index is 0.752. The topological polar surface area (TPSA) is 31.4 Å². The van der Waals surface area contributed by atoms with Crippen molar-refractivity contribution in [3.05, 3.63) is 35.5 Å². The molecule has 0 atom stereocenters. The number of para-hydroxylation sites is 1. The summed E-state index contributed by atoms with van der Waals surface area (Å²) in [5.74, 6) is 0. The van der Waals surface area contributed by atoms with Crippen molar-refractivity contribution >= 4 is 16.6 Å². The molecule has 4 nitrogen and oxygen atoms in total. The van der Waals surface area contributed by atoms with Crippen molar-refractivity contribution in [2.45, 2.75) is 39.2 Å². The number of fused-ring (bicyclic) bond motifs is 1. The Labute approximate surface area is 152 Å².